The zero-order chi connectivity index (χ0) is 29.1. The van der Waals surface area contributed by atoms with E-state index in [-0.39, 0.29) is 16.4 Å². The second-order valence-corrected chi connectivity index (χ2v) is 11.6. The molecule has 0 amide bonds. The predicted octanol–water partition coefficient (Wildman–Crippen LogP) is 5.26. The fourth-order valence-corrected chi connectivity index (χ4v) is 5.98. The quantitative estimate of drug-likeness (QED) is 0.272. The lowest BCUT2D eigenvalue weighted by molar-refractivity contribution is 0.0982. The van der Waals surface area contributed by atoms with Crippen LogP contribution in [0.15, 0.2) is 60.9 Å². The van der Waals surface area contributed by atoms with Gasteiger partial charge in [-0.25, -0.2) is 28.7 Å². The van der Waals surface area contributed by atoms with Crippen molar-refractivity contribution in [2.45, 2.75) is 31.7 Å². The van der Waals surface area contributed by atoms with Gasteiger partial charge < -0.3 is 9.80 Å². The molecular weight excluding hydrogens is 556 g/mol. The molecule has 0 unspecified atom stereocenters. The second kappa shape index (κ2) is 12.8. The van der Waals surface area contributed by atoms with Crippen molar-refractivity contribution in [1.29, 1.82) is 0 Å². The molecule has 0 atom stereocenters. The molecule has 0 radical (unpaired) electrons. The highest BCUT2D eigenvalue weighted by Crippen LogP contribution is 2.27. The van der Waals surface area contributed by atoms with Crippen LogP contribution in [0.25, 0.3) is 11.4 Å². The minimum atomic E-state index is -0.821. The monoisotopic (exact) mass is 589 g/mol. The fraction of sp³-hybridized carbons (Fsp3) is 0.375. The third kappa shape index (κ3) is 6.75. The molecule has 7 nitrogen and oxygen atoms in total. The highest BCUT2D eigenvalue weighted by atomic mass is 35.5. The molecule has 0 saturated carbocycles. The summed E-state index contributed by atoms with van der Waals surface area (Å²) in [7, 11) is 2.21. The van der Waals surface area contributed by atoms with Gasteiger partial charge in [0.2, 0.25) is 0 Å². The normalized spacial score (nSPS) is 17.1. The van der Waals surface area contributed by atoms with Crippen LogP contribution in [0, 0.1) is 11.6 Å². The van der Waals surface area contributed by atoms with Crippen molar-refractivity contribution in [3.05, 3.63) is 100 Å². The summed E-state index contributed by atoms with van der Waals surface area (Å²) in [4.78, 5) is 25.4. The lowest BCUT2D eigenvalue weighted by Crippen LogP contribution is -2.52. The van der Waals surface area contributed by atoms with Crippen molar-refractivity contribution in [2.24, 2.45) is 0 Å². The summed E-state index contributed by atoms with van der Waals surface area (Å²) in [5, 5.41) is -0.181. The number of likely N-dealkylation sites (N-methyl/N-ethyl adjacent to an activating group) is 1. The number of aromatic nitrogens is 4. The van der Waals surface area contributed by atoms with Crippen LogP contribution < -0.4 is 4.90 Å². The Labute approximate surface area is 250 Å². The molecule has 0 N–H and O–H groups in total. The molecule has 2 fully saturated rings. The molecule has 2 aliphatic heterocycles. The molecule has 4 aromatic rings. The Bertz CT molecular complexity index is 1520. The third-order valence-electron chi connectivity index (χ3n) is 8.27. The van der Waals surface area contributed by atoms with Gasteiger partial charge in [-0.15, -0.1) is 0 Å². The number of hydrogen-bond donors (Lipinski definition) is 0. The molecular formula is C32H34ClF2N7. The number of nitrogens with zero attached hydrogens (tertiary/aromatic N) is 7. The van der Waals surface area contributed by atoms with E-state index in [0.29, 0.717) is 24.6 Å². The van der Waals surface area contributed by atoms with E-state index in [1.54, 1.807) is 18.5 Å². The van der Waals surface area contributed by atoms with Gasteiger partial charge in [0.05, 0.1) is 22.0 Å². The zero-order valence-electron chi connectivity index (χ0n) is 23.7. The van der Waals surface area contributed by atoms with E-state index in [2.05, 4.69) is 61.0 Å². The molecule has 218 valence electrons. The van der Waals surface area contributed by atoms with Crippen LogP contribution >= 0.6 is 11.6 Å². The first-order valence-corrected chi connectivity index (χ1v) is 14.8. The zero-order valence-corrected chi connectivity index (χ0v) is 24.4. The van der Waals surface area contributed by atoms with Crippen LogP contribution in [0.5, 0.6) is 0 Å². The Morgan fingerprint density at radius 2 is 1.48 bits per heavy atom. The van der Waals surface area contributed by atoms with Gasteiger partial charge in [-0.3, -0.25) is 4.90 Å². The van der Waals surface area contributed by atoms with Crippen LogP contribution in [0.3, 0.4) is 0 Å². The van der Waals surface area contributed by atoms with E-state index >= 15 is 0 Å². The van der Waals surface area contributed by atoms with Crippen LogP contribution in [0.4, 0.5) is 14.5 Å². The van der Waals surface area contributed by atoms with E-state index < -0.39 is 11.6 Å². The first kappa shape index (κ1) is 28.6. The molecule has 6 rings (SSSR count). The van der Waals surface area contributed by atoms with Crippen molar-refractivity contribution in [3.63, 3.8) is 0 Å². The summed E-state index contributed by atoms with van der Waals surface area (Å²) < 4.78 is 27.9. The molecule has 2 saturated heterocycles. The molecule has 2 aromatic heterocycles. The van der Waals surface area contributed by atoms with Crippen molar-refractivity contribution in [2.75, 3.05) is 51.2 Å². The summed E-state index contributed by atoms with van der Waals surface area (Å²) >= 11 is 5.85. The average molecular weight is 590 g/mol. The molecule has 0 spiro atoms. The predicted molar refractivity (Wildman–Crippen MR) is 161 cm³/mol. The summed E-state index contributed by atoms with van der Waals surface area (Å²) in [5.41, 5.74) is 3.92. The van der Waals surface area contributed by atoms with Gasteiger partial charge >= 0.3 is 0 Å². The molecule has 0 bridgehead atoms. The fourth-order valence-electron chi connectivity index (χ4n) is 5.81. The number of rotatable bonds is 7. The van der Waals surface area contributed by atoms with E-state index in [4.69, 9.17) is 16.6 Å². The number of anilines is 1. The molecule has 10 heteroatoms. The van der Waals surface area contributed by atoms with Gasteiger partial charge in [0.25, 0.3) is 0 Å². The van der Waals surface area contributed by atoms with Gasteiger partial charge in [0, 0.05) is 82.3 Å². The van der Waals surface area contributed by atoms with Crippen molar-refractivity contribution in [1.82, 2.24) is 29.7 Å². The lowest BCUT2D eigenvalue weighted by atomic mass is 10.0. The van der Waals surface area contributed by atoms with Gasteiger partial charge in [0.15, 0.2) is 5.82 Å². The van der Waals surface area contributed by atoms with Gasteiger partial charge in [0.1, 0.15) is 17.5 Å². The maximum atomic E-state index is 14.4. The van der Waals surface area contributed by atoms with Crippen LogP contribution in [0.1, 0.15) is 35.6 Å². The van der Waals surface area contributed by atoms with E-state index in [0.717, 1.165) is 36.2 Å². The number of halogens is 3. The van der Waals surface area contributed by atoms with Crippen molar-refractivity contribution in [3.8, 4) is 11.4 Å². The topological polar surface area (TPSA) is 61.3 Å². The Morgan fingerprint density at radius 1 is 0.786 bits per heavy atom. The van der Waals surface area contributed by atoms with Gasteiger partial charge in [-0.05, 0) is 55.8 Å². The summed E-state index contributed by atoms with van der Waals surface area (Å²) in [6, 6.07) is 15.0. The average Bonchev–Trinajstić information content (AvgIpc) is 3.00. The highest BCUT2D eigenvalue weighted by Gasteiger charge is 2.26. The maximum Gasteiger partial charge on any atom is 0.162 e. The van der Waals surface area contributed by atoms with Crippen LogP contribution in [0.2, 0.25) is 5.02 Å². The first-order chi connectivity index (χ1) is 20.4. The number of hydrogen-bond acceptors (Lipinski definition) is 7. The third-order valence-corrected chi connectivity index (χ3v) is 8.56. The Hall–Kier alpha value is -3.53. The number of piperidine rings is 1. The summed E-state index contributed by atoms with van der Waals surface area (Å²) in [6.45, 7) is 6.89. The highest BCUT2D eigenvalue weighted by molar-refractivity contribution is 6.31. The first-order valence-electron chi connectivity index (χ1n) is 14.5. The molecule has 0 aliphatic carbocycles. The van der Waals surface area contributed by atoms with Crippen LogP contribution in [-0.4, -0.2) is 82.1 Å². The summed E-state index contributed by atoms with van der Waals surface area (Å²) in [5.74, 6) is -0.721. The Morgan fingerprint density at radius 3 is 2.21 bits per heavy atom. The second-order valence-electron chi connectivity index (χ2n) is 11.2. The SMILES string of the molecule is CN1CCN(C2CCN(c3ccc(Cc4nccc(Cc5ccnc(-c6cc(Cl)c(F)cc6F)n5)n4)cc3)CC2)CC1. The Balaban J connectivity index is 1.06. The molecule has 2 aromatic carbocycles. The van der Waals surface area contributed by atoms with Gasteiger partial charge in [-0.1, -0.05) is 23.7 Å². The van der Waals surface area contributed by atoms with E-state index in [1.807, 2.05) is 6.07 Å². The van der Waals surface area contributed by atoms with Crippen molar-refractivity contribution >= 4 is 17.3 Å². The van der Waals surface area contributed by atoms with Crippen molar-refractivity contribution < 1.29 is 8.78 Å². The lowest BCUT2D eigenvalue weighted by Gasteiger charge is -2.42. The minimum absolute atomic E-state index is 0.0504. The largest absolute Gasteiger partial charge is 0.371 e. The number of benzene rings is 2. The molecule has 2 aliphatic rings. The van der Waals surface area contributed by atoms with E-state index in [9.17, 15) is 8.78 Å². The smallest absolute Gasteiger partial charge is 0.162 e. The molecule has 4 heterocycles. The molecule has 42 heavy (non-hydrogen) atoms. The number of piperazine rings is 1. The van der Waals surface area contributed by atoms with E-state index in [1.165, 1.54) is 50.8 Å². The minimum Gasteiger partial charge on any atom is -0.371 e. The van der Waals surface area contributed by atoms with Gasteiger partial charge in [-0.2, -0.15) is 0 Å². The standard InChI is InChI=1S/C32H34ClF2N7/c1-40-14-16-42(17-15-40)26-8-12-41(13-9-26)25-4-2-22(3-5-25)18-31-36-10-6-23(38-31)19-24-7-11-37-32(39-24)27-20-28(33)30(35)21-29(27)34/h2-7,10-11,20-21,26H,8-9,12-19H2,1H3. The summed E-state index contributed by atoms with van der Waals surface area (Å²) in [6.07, 6.45) is 6.77. The maximum absolute atomic E-state index is 14.4. The Kier molecular flexibility index (Phi) is 8.69. The van der Waals surface area contributed by atoms with Crippen LogP contribution in [-0.2, 0) is 12.8 Å².